The molecule has 0 fully saturated rings. The van der Waals surface area contributed by atoms with E-state index in [1.165, 1.54) is 0 Å². The first-order valence-corrected chi connectivity index (χ1v) is 4.39. The topological polar surface area (TPSA) is 18.1 Å². The Morgan fingerprint density at radius 3 is 2.85 bits per heavy atom. The summed E-state index contributed by atoms with van der Waals surface area (Å²) < 4.78 is 7.25. The van der Waals surface area contributed by atoms with Crippen molar-refractivity contribution in [1.82, 2.24) is 3.97 Å². The molecule has 0 amide bonds. The molecule has 0 unspecified atom stereocenters. The highest BCUT2D eigenvalue weighted by molar-refractivity contribution is 7.57. The van der Waals surface area contributed by atoms with Crippen LogP contribution < -0.4 is 0 Å². The Bertz CT molecular complexity index is 579. The maximum absolute atomic E-state index is 5.59. The molecule has 0 aliphatic heterocycles. The SMILES string of the molecule is [S-]n1ccc2oc3ccccc3c21. The number of furan rings is 1. The summed E-state index contributed by atoms with van der Waals surface area (Å²) in [4.78, 5) is 0. The van der Waals surface area contributed by atoms with Crippen molar-refractivity contribution < 1.29 is 4.42 Å². The van der Waals surface area contributed by atoms with Gasteiger partial charge in [0.2, 0.25) is 0 Å². The highest BCUT2D eigenvalue weighted by Crippen LogP contribution is 2.28. The van der Waals surface area contributed by atoms with Crippen LogP contribution in [0.5, 0.6) is 0 Å². The van der Waals surface area contributed by atoms with Gasteiger partial charge in [-0.1, -0.05) is 12.1 Å². The minimum Gasteiger partial charge on any atom is -0.687 e. The summed E-state index contributed by atoms with van der Waals surface area (Å²) in [5, 5.41) is 1.08. The molecule has 64 valence electrons. The first-order chi connectivity index (χ1) is 6.36. The van der Waals surface area contributed by atoms with Crippen LogP contribution in [0.2, 0.25) is 0 Å². The first kappa shape index (κ1) is 6.97. The van der Waals surface area contributed by atoms with E-state index in [-0.39, 0.29) is 0 Å². The van der Waals surface area contributed by atoms with Gasteiger partial charge in [0.1, 0.15) is 5.58 Å². The van der Waals surface area contributed by atoms with Crippen molar-refractivity contribution >= 4 is 34.9 Å². The fraction of sp³-hybridized carbons (Fsp3) is 0. The van der Waals surface area contributed by atoms with Crippen LogP contribution in [0.25, 0.3) is 22.1 Å². The van der Waals surface area contributed by atoms with E-state index < -0.39 is 0 Å². The van der Waals surface area contributed by atoms with Crippen LogP contribution in [0.15, 0.2) is 40.9 Å². The van der Waals surface area contributed by atoms with E-state index in [4.69, 9.17) is 17.2 Å². The van der Waals surface area contributed by atoms with Gasteiger partial charge in [0.15, 0.2) is 5.58 Å². The Hall–Kier alpha value is -1.48. The maximum atomic E-state index is 5.59. The van der Waals surface area contributed by atoms with Gasteiger partial charge in [0, 0.05) is 5.39 Å². The van der Waals surface area contributed by atoms with Gasteiger partial charge in [-0.05, 0) is 24.4 Å². The van der Waals surface area contributed by atoms with Crippen molar-refractivity contribution in [3.63, 3.8) is 0 Å². The fourth-order valence-electron chi connectivity index (χ4n) is 1.60. The van der Waals surface area contributed by atoms with Crippen molar-refractivity contribution in [3.05, 3.63) is 36.5 Å². The number of nitrogens with zero attached hydrogens (tertiary/aromatic N) is 1. The molecule has 2 nitrogen and oxygen atoms in total. The zero-order valence-corrected chi connectivity index (χ0v) is 7.54. The van der Waals surface area contributed by atoms with Gasteiger partial charge < -0.3 is 21.2 Å². The van der Waals surface area contributed by atoms with Gasteiger partial charge in [-0.3, -0.25) is 0 Å². The Balaban J connectivity index is 2.66. The van der Waals surface area contributed by atoms with Gasteiger partial charge in [-0.2, -0.15) is 0 Å². The summed E-state index contributed by atoms with van der Waals surface area (Å²) in [6, 6.07) is 9.80. The molecule has 3 aromatic rings. The summed E-state index contributed by atoms with van der Waals surface area (Å²) >= 11 is 5.12. The Labute approximate surface area is 80.3 Å². The Morgan fingerprint density at radius 2 is 1.92 bits per heavy atom. The van der Waals surface area contributed by atoms with Crippen LogP contribution in [-0.2, 0) is 12.8 Å². The summed E-state index contributed by atoms with van der Waals surface area (Å²) in [6.07, 6.45) is 1.83. The molecule has 0 atom stereocenters. The van der Waals surface area contributed by atoms with Gasteiger partial charge in [0.25, 0.3) is 0 Å². The van der Waals surface area contributed by atoms with Crippen LogP contribution in [-0.4, -0.2) is 3.97 Å². The van der Waals surface area contributed by atoms with Crippen LogP contribution in [0.1, 0.15) is 0 Å². The van der Waals surface area contributed by atoms with E-state index in [1.54, 1.807) is 3.97 Å². The lowest BCUT2D eigenvalue weighted by atomic mass is 10.2. The van der Waals surface area contributed by atoms with Crippen molar-refractivity contribution in [3.8, 4) is 0 Å². The second kappa shape index (κ2) is 2.26. The van der Waals surface area contributed by atoms with Crippen LogP contribution in [0.4, 0.5) is 0 Å². The average Bonchev–Trinajstić information content (AvgIpc) is 2.66. The number of benzene rings is 1. The molecule has 2 heterocycles. The van der Waals surface area contributed by atoms with Crippen molar-refractivity contribution in [2.45, 2.75) is 0 Å². The van der Waals surface area contributed by atoms with E-state index in [9.17, 15) is 0 Å². The van der Waals surface area contributed by atoms with E-state index in [0.717, 1.165) is 22.1 Å². The molecule has 0 aliphatic rings. The Morgan fingerprint density at radius 1 is 1.08 bits per heavy atom. The predicted octanol–water partition coefficient (Wildman–Crippen LogP) is 2.70. The second-order valence-electron chi connectivity index (χ2n) is 2.95. The quantitative estimate of drug-likeness (QED) is 0.505. The molecule has 0 saturated heterocycles. The predicted molar refractivity (Wildman–Crippen MR) is 54.5 cm³/mol. The zero-order chi connectivity index (χ0) is 8.84. The van der Waals surface area contributed by atoms with Crippen molar-refractivity contribution in [1.29, 1.82) is 0 Å². The largest absolute Gasteiger partial charge is 0.687 e. The van der Waals surface area contributed by atoms with E-state index >= 15 is 0 Å². The van der Waals surface area contributed by atoms with E-state index in [0.29, 0.717) is 0 Å². The monoisotopic (exact) mass is 188 g/mol. The van der Waals surface area contributed by atoms with Gasteiger partial charge in [-0.25, -0.2) is 0 Å². The molecule has 3 heteroatoms. The van der Waals surface area contributed by atoms with E-state index in [1.807, 2.05) is 36.5 Å². The molecule has 0 N–H and O–H groups in total. The van der Waals surface area contributed by atoms with Crippen LogP contribution >= 0.6 is 0 Å². The summed E-state index contributed by atoms with van der Waals surface area (Å²) in [6.45, 7) is 0. The number of hydrogen-bond donors (Lipinski definition) is 0. The third-order valence-corrected chi connectivity index (χ3v) is 2.48. The molecule has 0 radical (unpaired) electrons. The molecule has 2 aromatic heterocycles. The molecular formula is C10H6NOS-. The smallest absolute Gasteiger partial charge is 0.151 e. The molecule has 1 aromatic carbocycles. The van der Waals surface area contributed by atoms with Crippen LogP contribution in [0, 0.1) is 0 Å². The maximum Gasteiger partial charge on any atom is 0.151 e. The standard InChI is InChI=1S/C10H6NOS/c13-11-6-5-9-10(11)7-3-1-2-4-8(7)12-9/h1-6H/q-1. The third-order valence-electron chi connectivity index (χ3n) is 2.18. The molecule has 0 aliphatic carbocycles. The van der Waals surface area contributed by atoms with E-state index in [2.05, 4.69) is 0 Å². The lowest BCUT2D eigenvalue weighted by Crippen LogP contribution is -1.79. The molecular weight excluding hydrogens is 182 g/mol. The Kier molecular flexibility index (Phi) is 1.21. The minimum atomic E-state index is 0.858. The molecule has 0 bridgehead atoms. The number of para-hydroxylation sites is 1. The number of aromatic nitrogens is 1. The van der Waals surface area contributed by atoms with Gasteiger partial charge >= 0.3 is 0 Å². The molecule has 0 saturated carbocycles. The summed E-state index contributed by atoms with van der Waals surface area (Å²) in [7, 11) is 0. The van der Waals surface area contributed by atoms with Gasteiger partial charge in [0.05, 0.1) is 5.52 Å². The highest BCUT2D eigenvalue weighted by atomic mass is 32.1. The lowest BCUT2D eigenvalue weighted by Gasteiger charge is -2.05. The molecule has 0 spiro atoms. The zero-order valence-electron chi connectivity index (χ0n) is 6.73. The molecule has 3 rings (SSSR count). The number of fused-ring (bicyclic) bond motifs is 3. The minimum absolute atomic E-state index is 0.858. The van der Waals surface area contributed by atoms with Gasteiger partial charge in [-0.15, -0.1) is 0 Å². The summed E-state index contributed by atoms with van der Waals surface area (Å²) in [5.41, 5.74) is 2.74. The first-order valence-electron chi connectivity index (χ1n) is 4.02. The number of rotatable bonds is 0. The van der Waals surface area contributed by atoms with Crippen molar-refractivity contribution in [2.75, 3.05) is 0 Å². The fourth-order valence-corrected chi connectivity index (χ4v) is 1.85. The lowest BCUT2D eigenvalue weighted by molar-refractivity contribution is 0.669. The summed E-state index contributed by atoms with van der Waals surface area (Å²) in [5.74, 6) is 0. The normalized spacial score (nSPS) is 11.4. The highest BCUT2D eigenvalue weighted by Gasteiger charge is 2.05. The van der Waals surface area contributed by atoms with Crippen molar-refractivity contribution in [2.24, 2.45) is 0 Å². The third kappa shape index (κ3) is 0.820. The number of hydrogen-bond acceptors (Lipinski definition) is 2. The van der Waals surface area contributed by atoms with Crippen LogP contribution in [0.3, 0.4) is 0 Å². The second-order valence-corrected chi connectivity index (χ2v) is 3.35. The molecule has 13 heavy (non-hydrogen) atoms. The average molecular weight is 188 g/mol.